The molecule has 0 aromatic heterocycles. The number of rotatable bonds is 2. The second kappa shape index (κ2) is 8.56. The Balaban J connectivity index is 0. The van der Waals surface area contributed by atoms with Gasteiger partial charge in [-0.1, -0.05) is 0 Å². The number of anilines is 1. The standard InChI is InChI=1S/C8H10N3.Na.H2O4S.H/c1-11(2)8-5-3-7(10-9)4-6-8;;1-5(2,3)4;/h3-6H,1-2H3;;(H2,1,2,3,4);. The first-order valence-electron chi connectivity index (χ1n) is 4.06. The molecule has 0 atom stereocenters. The molecule has 0 aliphatic heterocycles. The van der Waals surface area contributed by atoms with Crippen molar-refractivity contribution >= 4 is 51.3 Å². The summed E-state index contributed by atoms with van der Waals surface area (Å²) in [7, 11) is -0.740. The van der Waals surface area contributed by atoms with Crippen molar-refractivity contribution in [2.24, 2.45) is 0 Å². The summed E-state index contributed by atoms with van der Waals surface area (Å²) < 4.78 is 31.6. The van der Waals surface area contributed by atoms with Crippen LogP contribution in [0.5, 0.6) is 0 Å². The second-order valence-corrected chi connectivity index (χ2v) is 3.85. The van der Waals surface area contributed by atoms with E-state index in [0.717, 1.165) is 5.69 Å². The van der Waals surface area contributed by atoms with Gasteiger partial charge in [0.05, 0.1) is 0 Å². The molecule has 9 heteroatoms. The molecule has 0 unspecified atom stereocenters. The summed E-state index contributed by atoms with van der Waals surface area (Å²) >= 11 is 0. The van der Waals surface area contributed by atoms with Gasteiger partial charge in [-0.05, 0) is 17.2 Å². The molecule has 2 N–H and O–H groups in total. The van der Waals surface area contributed by atoms with Crippen LogP contribution in [-0.2, 0) is 10.4 Å². The van der Waals surface area contributed by atoms with Crippen molar-refractivity contribution in [1.82, 2.24) is 5.11 Å². The zero-order chi connectivity index (χ0) is 12.8. The van der Waals surface area contributed by atoms with Gasteiger partial charge < -0.3 is 10.4 Å². The van der Waals surface area contributed by atoms with Crippen LogP contribution in [0.1, 0.15) is 0 Å². The number of benzene rings is 1. The van der Waals surface area contributed by atoms with E-state index in [-0.39, 0.29) is 29.6 Å². The van der Waals surface area contributed by atoms with Crippen molar-refractivity contribution in [2.45, 2.75) is 0 Å². The zero-order valence-electron chi connectivity index (χ0n) is 8.77. The van der Waals surface area contributed by atoms with Gasteiger partial charge >= 0.3 is 40.0 Å². The first-order chi connectivity index (χ1) is 7.24. The minimum absolute atomic E-state index is 0. The number of nitrogens with zero attached hydrogens (tertiary/aromatic N) is 3. The average molecular weight is 270 g/mol. The van der Waals surface area contributed by atoms with Gasteiger partial charge in [0.15, 0.2) is 0 Å². The van der Waals surface area contributed by atoms with Crippen molar-refractivity contribution in [3.8, 4) is 0 Å². The SMILES string of the molecule is CN(C)c1ccc([N+]=[N-])cc1.O=S(=O)(O)O.[NaH]. The van der Waals surface area contributed by atoms with Crippen molar-refractivity contribution in [1.29, 1.82) is 0 Å². The molecule has 1 aromatic carbocycles. The van der Waals surface area contributed by atoms with E-state index in [1.165, 1.54) is 0 Å². The van der Waals surface area contributed by atoms with E-state index < -0.39 is 10.4 Å². The molecule has 7 nitrogen and oxygen atoms in total. The van der Waals surface area contributed by atoms with Gasteiger partial charge in [0.25, 0.3) is 5.69 Å². The minimum atomic E-state index is -4.67. The molecule has 91 valence electrons. The molecule has 0 fully saturated rings. The summed E-state index contributed by atoms with van der Waals surface area (Å²) in [6, 6.07) is 7.31. The number of hydrogen-bond acceptors (Lipinski definition) is 4. The summed E-state index contributed by atoms with van der Waals surface area (Å²) in [6.45, 7) is 0. The van der Waals surface area contributed by atoms with Crippen LogP contribution in [0, 0.1) is 0 Å². The first kappa shape index (κ1) is 18.8. The Hall–Kier alpha value is -0.510. The predicted octanol–water partition coefficient (Wildman–Crippen LogP) is 0.440. The molecule has 17 heavy (non-hydrogen) atoms. The Labute approximate surface area is 122 Å². The fraction of sp³-hybridized carbons (Fsp3) is 0.250. The maximum absolute atomic E-state index is 8.74. The van der Waals surface area contributed by atoms with E-state index in [0.29, 0.717) is 5.69 Å². The van der Waals surface area contributed by atoms with Gasteiger partial charge in [-0.3, -0.25) is 9.11 Å². The molecule has 0 amide bonds. The van der Waals surface area contributed by atoms with Gasteiger partial charge in [0.2, 0.25) is 0 Å². The molecule has 1 aromatic rings. The fourth-order valence-corrected chi connectivity index (χ4v) is 0.817. The molecule has 0 bridgehead atoms. The van der Waals surface area contributed by atoms with Crippen LogP contribution in [0.4, 0.5) is 11.4 Å². The van der Waals surface area contributed by atoms with Crippen molar-refractivity contribution in [3.05, 3.63) is 29.8 Å². The van der Waals surface area contributed by atoms with Gasteiger partial charge in [-0.25, -0.2) is 0 Å². The topological polar surface area (TPSA) is 114 Å². The summed E-state index contributed by atoms with van der Waals surface area (Å²) in [6.07, 6.45) is 0. The molecule has 0 saturated carbocycles. The third-order valence-electron chi connectivity index (χ3n) is 1.48. The average Bonchev–Trinajstić information content (AvgIpc) is 2.15. The van der Waals surface area contributed by atoms with Crippen LogP contribution in [-0.4, -0.2) is 61.2 Å². The van der Waals surface area contributed by atoms with E-state index >= 15 is 0 Å². The van der Waals surface area contributed by atoms with E-state index in [9.17, 15) is 0 Å². The zero-order valence-corrected chi connectivity index (χ0v) is 9.59. The normalized spacial score (nSPS) is 9.41. The second-order valence-electron chi connectivity index (χ2n) is 2.96. The maximum atomic E-state index is 8.74. The Morgan fingerprint density at radius 2 is 1.53 bits per heavy atom. The van der Waals surface area contributed by atoms with Crippen molar-refractivity contribution in [3.63, 3.8) is 0 Å². The summed E-state index contributed by atoms with van der Waals surface area (Å²) in [5, 5.41) is 3.05. The molecular formula is C8H13N3NaO4S. The Bertz CT molecular complexity index is 425. The fourth-order valence-electron chi connectivity index (χ4n) is 0.817. The Morgan fingerprint density at radius 3 is 1.76 bits per heavy atom. The van der Waals surface area contributed by atoms with Crippen molar-refractivity contribution in [2.75, 3.05) is 19.0 Å². The van der Waals surface area contributed by atoms with Gasteiger partial charge in [-0.15, -0.1) is 0 Å². The summed E-state index contributed by atoms with van der Waals surface area (Å²) in [4.78, 5) is 1.99. The quantitative estimate of drug-likeness (QED) is 0.459. The molecule has 0 heterocycles. The predicted molar refractivity (Wildman–Crippen MR) is 67.2 cm³/mol. The molecule has 1 rings (SSSR count). The molecule has 0 aliphatic rings. The molecule has 1 radical (unpaired) electrons. The van der Waals surface area contributed by atoms with E-state index in [2.05, 4.69) is 5.11 Å². The van der Waals surface area contributed by atoms with Crippen LogP contribution in [0.2, 0.25) is 0 Å². The van der Waals surface area contributed by atoms with Crippen LogP contribution < -0.4 is 10.0 Å². The van der Waals surface area contributed by atoms with E-state index in [1.54, 1.807) is 12.1 Å². The van der Waals surface area contributed by atoms with Crippen molar-refractivity contribution < 1.29 is 17.5 Å². The first-order valence-corrected chi connectivity index (χ1v) is 5.46. The Kier molecular flexibility index (Phi) is 9.49. The van der Waals surface area contributed by atoms with E-state index in [1.807, 2.05) is 31.1 Å². The molecule has 0 aliphatic carbocycles. The van der Waals surface area contributed by atoms with Crippen LogP contribution in [0.3, 0.4) is 0 Å². The molecular weight excluding hydrogens is 257 g/mol. The monoisotopic (exact) mass is 270 g/mol. The third kappa shape index (κ3) is 11.7. The van der Waals surface area contributed by atoms with Gasteiger partial charge in [0.1, 0.15) is 0 Å². The third-order valence-corrected chi connectivity index (χ3v) is 1.48. The van der Waals surface area contributed by atoms with Gasteiger partial charge in [-0.2, -0.15) is 8.42 Å². The van der Waals surface area contributed by atoms with Gasteiger partial charge in [0, 0.05) is 31.9 Å². The Morgan fingerprint density at radius 1 is 1.18 bits per heavy atom. The van der Waals surface area contributed by atoms with Crippen LogP contribution >= 0.6 is 0 Å². The summed E-state index contributed by atoms with van der Waals surface area (Å²) in [5.74, 6) is 0. The molecule has 0 spiro atoms. The summed E-state index contributed by atoms with van der Waals surface area (Å²) in [5.41, 5.74) is 10.1. The van der Waals surface area contributed by atoms with E-state index in [4.69, 9.17) is 23.1 Å². The number of hydrogen-bond donors (Lipinski definition) is 2. The van der Waals surface area contributed by atoms with Crippen LogP contribution in [0.25, 0.3) is 5.53 Å². The van der Waals surface area contributed by atoms with Crippen LogP contribution in [0.15, 0.2) is 24.3 Å². The molecule has 0 saturated heterocycles.